The van der Waals surface area contributed by atoms with Crippen LogP contribution >= 0.6 is 15.9 Å². The molecule has 1 unspecified atom stereocenters. The standard InChI is InChI=1S/C15H20BrN3O.C5H10O2/c1-11-9-18(7-5-17-11)10-15(20)19-6-4-12-2-3-13(16)8-14(12)19;1-5(2,3)7-4-6/h2-3,8,11,17H,4-7,9-10H2,1H3;4H,1-3H3. The summed E-state index contributed by atoms with van der Waals surface area (Å²) < 4.78 is 5.58. The molecule has 2 aliphatic heterocycles. The number of ether oxygens (including phenoxy) is 1. The van der Waals surface area contributed by atoms with E-state index in [0.717, 1.165) is 42.8 Å². The summed E-state index contributed by atoms with van der Waals surface area (Å²) >= 11 is 3.49. The van der Waals surface area contributed by atoms with Gasteiger partial charge in [-0.05, 0) is 51.8 Å². The lowest BCUT2D eigenvalue weighted by Gasteiger charge is -2.32. The highest BCUT2D eigenvalue weighted by Gasteiger charge is 2.27. The van der Waals surface area contributed by atoms with E-state index in [1.807, 2.05) is 31.7 Å². The molecule has 2 heterocycles. The Hall–Kier alpha value is -1.44. The van der Waals surface area contributed by atoms with Crippen LogP contribution in [0.3, 0.4) is 0 Å². The fourth-order valence-electron chi connectivity index (χ4n) is 3.19. The highest BCUT2D eigenvalue weighted by atomic mass is 79.9. The number of nitrogens with one attached hydrogen (secondary N) is 1. The first-order chi connectivity index (χ1) is 12.7. The van der Waals surface area contributed by atoms with Crippen molar-refractivity contribution in [1.29, 1.82) is 0 Å². The van der Waals surface area contributed by atoms with Crippen LogP contribution in [0.25, 0.3) is 0 Å². The Morgan fingerprint density at radius 3 is 2.70 bits per heavy atom. The number of carbonyl (C=O) groups is 2. The van der Waals surface area contributed by atoms with Crippen molar-refractivity contribution in [2.45, 2.75) is 45.8 Å². The Labute approximate surface area is 170 Å². The summed E-state index contributed by atoms with van der Waals surface area (Å²) in [4.78, 5) is 26.3. The second-order valence-electron chi connectivity index (χ2n) is 7.99. The molecule has 1 amide bonds. The van der Waals surface area contributed by atoms with Crippen molar-refractivity contribution < 1.29 is 14.3 Å². The zero-order chi connectivity index (χ0) is 20.0. The number of benzene rings is 1. The fourth-order valence-corrected chi connectivity index (χ4v) is 3.54. The van der Waals surface area contributed by atoms with Gasteiger partial charge in [-0.1, -0.05) is 22.0 Å². The maximum Gasteiger partial charge on any atom is 0.293 e. The quantitative estimate of drug-likeness (QED) is 0.733. The smallest absolute Gasteiger partial charge is 0.293 e. The summed E-state index contributed by atoms with van der Waals surface area (Å²) in [5.74, 6) is 0.218. The van der Waals surface area contributed by atoms with Gasteiger partial charge in [0.25, 0.3) is 6.47 Å². The minimum absolute atomic E-state index is 0.218. The summed E-state index contributed by atoms with van der Waals surface area (Å²) in [5, 5.41) is 3.41. The van der Waals surface area contributed by atoms with Crippen molar-refractivity contribution in [3.05, 3.63) is 28.2 Å². The van der Waals surface area contributed by atoms with E-state index in [-0.39, 0.29) is 11.5 Å². The number of hydrogen-bond acceptors (Lipinski definition) is 5. The van der Waals surface area contributed by atoms with Gasteiger partial charge < -0.3 is 15.0 Å². The molecule has 2 aliphatic rings. The molecule has 3 rings (SSSR count). The van der Waals surface area contributed by atoms with Gasteiger partial charge in [-0.25, -0.2) is 0 Å². The Balaban J connectivity index is 0.000000321. The third-order valence-electron chi connectivity index (χ3n) is 4.46. The molecule has 1 aromatic carbocycles. The monoisotopic (exact) mass is 439 g/mol. The predicted molar refractivity (Wildman–Crippen MR) is 111 cm³/mol. The minimum Gasteiger partial charge on any atom is -0.462 e. The number of anilines is 1. The van der Waals surface area contributed by atoms with Gasteiger partial charge in [-0.2, -0.15) is 0 Å². The maximum absolute atomic E-state index is 12.5. The Kier molecular flexibility index (Phi) is 7.82. The molecule has 0 aliphatic carbocycles. The lowest BCUT2D eigenvalue weighted by molar-refractivity contribution is -0.138. The van der Waals surface area contributed by atoms with Crippen LogP contribution in [0.4, 0.5) is 5.69 Å². The van der Waals surface area contributed by atoms with Crippen molar-refractivity contribution >= 4 is 34.0 Å². The van der Waals surface area contributed by atoms with Crippen LogP contribution in [0, 0.1) is 0 Å². The van der Waals surface area contributed by atoms with Crippen LogP contribution in [0.15, 0.2) is 22.7 Å². The van der Waals surface area contributed by atoms with Crippen LogP contribution in [0.2, 0.25) is 0 Å². The van der Waals surface area contributed by atoms with Crippen LogP contribution in [0.5, 0.6) is 0 Å². The van der Waals surface area contributed by atoms with E-state index in [1.165, 1.54) is 5.56 Å². The van der Waals surface area contributed by atoms with Gasteiger partial charge in [0.05, 0.1) is 6.54 Å². The average Bonchev–Trinajstić information content (AvgIpc) is 2.97. The van der Waals surface area contributed by atoms with Crippen LogP contribution in [-0.4, -0.2) is 61.6 Å². The molecule has 0 aromatic heterocycles. The van der Waals surface area contributed by atoms with Crippen molar-refractivity contribution in [1.82, 2.24) is 10.2 Å². The molecular formula is C20H30BrN3O3. The molecule has 0 radical (unpaired) electrons. The largest absolute Gasteiger partial charge is 0.462 e. The van der Waals surface area contributed by atoms with Gasteiger partial charge in [0.15, 0.2) is 0 Å². The van der Waals surface area contributed by atoms with Crippen LogP contribution < -0.4 is 10.2 Å². The summed E-state index contributed by atoms with van der Waals surface area (Å²) in [6, 6.07) is 6.68. The molecule has 150 valence electrons. The number of fused-ring (bicyclic) bond motifs is 1. The molecule has 7 heteroatoms. The first kappa shape index (κ1) is 21.9. The molecule has 1 saturated heterocycles. The van der Waals surface area contributed by atoms with Crippen LogP contribution in [0.1, 0.15) is 33.3 Å². The number of piperazine rings is 1. The van der Waals surface area contributed by atoms with E-state index < -0.39 is 0 Å². The van der Waals surface area contributed by atoms with E-state index in [2.05, 4.69) is 49.9 Å². The highest BCUT2D eigenvalue weighted by Crippen LogP contribution is 2.31. The third kappa shape index (κ3) is 6.90. The second kappa shape index (κ2) is 9.66. The lowest BCUT2D eigenvalue weighted by atomic mass is 10.2. The molecule has 0 bridgehead atoms. The van der Waals surface area contributed by atoms with E-state index in [1.54, 1.807) is 0 Å². The normalized spacial score (nSPS) is 19.7. The van der Waals surface area contributed by atoms with Crippen molar-refractivity contribution in [3.8, 4) is 0 Å². The molecule has 1 atom stereocenters. The maximum atomic E-state index is 12.5. The minimum atomic E-state index is -0.318. The summed E-state index contributed by atoms with van der Waals surface area (Å²) in [6.07, 6.45) is 0.965. The van der Waals surface area contributed by atoms with Gasteiger partial charge in [-0.3, -0.25) is 14.5 Å². The third-order valence-corrected chi connectivity index (χ3v) is 4.95. The van der Waals surface area contributed by atoms with Gasteiger partial charge in [-0.15, -0.1) is 0 Å². The predicted octanol–water partition coefficient (Wildman–Crippen LogP) is 2.59. The Bertz CT molecular complexity index is 660. The Morgan fingerprint density at radius 1 is 1.37 bits per heavy atom. The molecule has 27 heavy (non-hydrogen) atoms. The van der Waals surface area contributed by atoms with Gasteiger partial charge in [0.2, 0.25) is 5.91 Å². The van der Waals surface area contributed by atoms with Gasteiger partial charge in [0.1, 0.15) is 5.60 Å². The molecule has 0 spiro atoms. The van der Waals surface area contributed by atoms with E-state index in [4.69, 9.17) is 0 Å². The summed E-state index contributed by atoms with van der Waals surface area (Å²) in [5.41, 5.74) is 2.03. The number of amides is 1. The number of halogens is 1. The molecule has 1 N–H and O–H groups in total. The zero-order valence-corrected chi connectivity index (χ0v) is 18.2. The van der Waals surface area contributed by atoms with Crippen molar-refractivity contribution in [2.24, 2.45) is 0 Å². The number of hydrogen-bond donors (Lipinski definition) is 1. The number of nitrogens with zero attached hydrogens (tertiary/aromatic N) is 2. The molecular weight excluding hydrogens is 410 g/mol. The van der Waals surface area contributed by atoms with Crippen molar-refractivity contribution in [2.75, 3.05) is 37.6 Å². The lowest BCUT2D eigenvalue weighted by Crippen LogP contribution is -2.52. The number of rotatable bonds is 3. The molecule has 1 aromatic rings. The first-order valence-electron chi connectivity index (χ1n) is 9.35. The Morgan fingerprint density at radius 2 is 2.11 bits per heavy atom. The SMILES string of the molecule is CC(C)(C)OC=O.CC1CN(CC(=O)N2CCc3ccc(Br)cc32)CCN1. The van der Waals surface area contributed by atoms with Gasteiger partial charge >= 0.3 is 0 Å². The second-order valence-corrected chi connectivity index (χ2v) is 8.90. The molecule has 6 nitrogen and oxygen atoms in total. The summed E-state index contributed by atoms with van der Waals surface area (Å²) in [7, 11) is 0. The zero-order valence-electron chi connectivity index (χ0n) is 16.6. The van der Waals surface area contributed by atoms with Crippen LogP contribution in [-0.2, 0) is 20.7 Å². The number of carbonyl (C=O) groups excluding carboxylic acids is 2. The van der Waals surface area contributed by atoms with Crippen molar-refractivity contribution in [3.63, 3.8) is 0 Å². The first-order valence-corrected chi connectivity index (χ1v) is 10.1. The molecule has 1 fully saturated rings. The van der Waals surface area contributed by atoms with E-state index >= 15 is 0 Å². The average molecular weight is 440 g/mol. The topological polar surface area (TPSA) is 61.9 Å². The summed E-state index contributed by atoms with van der Waals surface area (Å²) in [6.45, 7) is 12.3. The highest BCUT2D eigenvalue weighted by molar-refractivity contribution is 9.10. The van der Waals surface area contributed by atoms with E-state index in [0.29, 0.717) is 19.1 Å². The van der Waals surface area contributed by atoms with Gasteiger partial charge in [0, 0.05) is 42.4 Å². The molecule has 0 saturated carbocycles. The van der Waals surface area contributed by atoms with E-state index in [9.17, 15) is 9.59 Å². The fraction of sp³-hybridized carbons (Fsp3) is 0.600.